The average molecular weight is 292 g/mol. The number of rotatable bonds is 6. The zero-order chi connectivity index (χ0) is 15.2. The van der Waals surface area contributed by atoms with E-state index in [0.717, 1.165) is 26.3 Å². The fourth-order valence-corrected chi connectivity index (χ4v) is 2.81. The first-order valence-electron chi connectivity index (χ1n) is 7.47. The minimum Gasteiger partial charge on any atom is -0.480 e. The third-order valence-corrected chi connectivity index (χ3v) is 3.97. The van der Waals surface area contributed by atoms with Crippen molar-refractivity contribution in [1.29, 1.82) is 0 Å². The quantitative estimate of drug-likeness (QED) is 0.867. The Hall–Kier alpha value is -1.59. The number of ether oxygens (including phenoxy) is 1. The summed E-state index contributed by atoms with van der Waals surface area (Å²) in [5, 5.41) is 9.27. The fraction of sp³-hybridized carbons (Fsp3) is 0.562. The number of carboxylic acids is 1. The zero-order valence-electron chi connectivity index (χ0n) is 12.8. The predicted octanol–water partition coefficient (Wildman–Crippen LogP) is 1.82. The van der Waals surface area contributed by atoms with Gasteiger partial charge < -0.3 is 14.7 Å². The molecule has 1 aromatic carbocycles. The minimum absolute atomic E-state index is 0.442. The maximum absolute atomic E-state index is 11.3. The van der Waals surface area contributed by atoms with E-state index in [-0.39, 0.29) is 0 Å². The number of para-hydroxylation sites is 1. The Morgan fingerprint density at radius 2 is 2.05 bits per heavy atom. The van der Waals surface area contributed by atoms with Crippen molar-refractivity contribution in [3.63, 3.8) is 0 Å². The van der Waals surface area contributed by atoms with Crippen LogP contribution in [0.5, 0.6) is 0 Å². The highest BCUT2D eigenvalue weighted by atomic mass is 16.5. The lowest BCUT2D eigenvalue weighted by Gasteiger charge is -2.32. The molecule has 2 rings (SSSR count). The number of benzene rings is 1. The summed E-state index contributed by atoms with van der Waals surface area (Å²) in [7, 11) is 1.87. The number of aliphatic carboxylic acids is 1. The van der Waals surface area contributed by atoms with Gasteiger partial charge in [-0.15, -0.1) is 0 Å². The van der Waals surface area contributed by atoms with Gasteiger partial charge in [-0.2, -0.15) is 0 Å². The van der Waals surface area contributed by atoms with Gasteiger partial charge in [0.15, 0.2) is 0 Å². The van der Waals surface area contributed by atoms with Crippen molar-refractivity contribution in [2.75, 3.05) is 38.3 Å². The molecule has 1 heterocycles. The molecule has 1 saturated heterocycles. The second-order valence-corrected chi connectivity index (χ2v) is 5.41. The van der Waals surface area contributed by atoms with Gasteiger partial charge in [0.25, 0.3) is 0 Å². The molecule has 1 aliphatic heterocycles. The first-order valence-corrected chi connectivity index (χ1v) is 7.47. The van der Waals surface area contributed by atoms with E-state index in [1.54, 1.807) is 0 Å². The van der Waals surface area contributed by atoms with Crippen LogP contribution in [-0.4, -0.2) is 55.4 Å². The Morgan fingerprint density at radius 1 is 1.38 bits per heavy atom. The summed E-state index contributed by atoms with van der Waals surface area (Å²) in [6, 6.07) is 7.78. The second kappa shape index (κ2) is 7.43. The first kappa shape index (κ1) is 15.8. The van der Waals surface area contributed by atoms with Crippen LogP contribution in [-0.2, 0) is 16.1 Å². The molecule has 21 heavy (non-hydrogen) atoms. The lowest BCUT2D eigenvalue weighted by molar-refractivity contribution is -0.143. The van der Waals surface area contributed by atoms with Crippen molar-refractivity contribution in [3.8, 4) is 0 Å². The molecule has 0 amide bonds. The highest BCUT2D eigenvalue weighted by molar-refractivity contribution is 5.73. The van der Waals surface area contributed by atoms with E-state index in [4.69, 9.17) is 4.74 Å². The number of carbonyl (C=O) groups is 1. The van der Waals surface area contributed by atoms with Crippen LogP contribution >= 0.6 is 0 Å². The van der Waals surface area contributed by atoms with Crippen LogP contribution in [0.3, 0.4) is 0 Å². The molecule has 0 saturated carbocycles. The molecule has 1 fully saturated rings. The number of nitrogens with zero attached hydrogens (tertiary/aromatic N) is 2. The molecule has 5 nitrogen and oxygen atoms in total. The molecule has 1 N–H and O–H groups in total. The molecule has 0 unspecified atom stereocenters. The van der Waals surface area contributed by atoms with E-state index in [0.29, 0.717) is 13.0 Å². The maximum atomic E-state index is 11.3. The molecule has 0 bridgehead atoms. The molecule has 1 atom stereocenters. The smallest absolute Gasteiger partial charge is 0.320 e. The molecule has 0 radical (unpaired) electrons. The van der Waals surface area contributed by atoms with Crippen LogP contribution in [0.25, 0.3) is 0 Å². The Kier molecular flexibility index (Phi) is 5.59. The lowest BCUT2D eigenvalue weighted by atomic mass is 10.1. The monoisotopic (exact) mass is 292 g/mol. The van der Waals surface area contributed by atoms with Crippen LogP contribution in [0.4, 0.5) is 5.69 Å². The number of morpholine rings is 1. The molecule has 1 aromatic rings. The standard InChI is InChI=1S/C16H24N2O3/c1-3-14(16(19)20)17(2)12-13-6-4-5-7-15(13)18-8-10-21-11-9-18/h4-7,14H,3,8-12H2,1-2H3,(H,19,20)/t14-/m1/s1. The summed E-state index contributed by atoms with van der Waals surface area (Å²) in [6.07, 6.45) is 0.603. The Bertz CT molecular complexity index is 472. The van der Waals surface area contributed by atoms with E-state index in [1.165, 1.54) is 11.3 Å². The second-order valence-electron chi connectivity index (χ2n) is 5.41. The van der Waals surface area contributed by atoms with E-state index >= 15 is 0 Å². The number of anilines is 1. The summed E-state index contributed by atoms with van der Waals surface area (Å²) in [4.78, 5) is 15.5. The van der Waals surface area contributed by atoms with Crippen LogP contribution in [0.1, 0.15) is 18.9 Å². The van der Waals surface area contributed by atoms with Gasteiger partial charge in [-0.3, -0.25) is 9.69 Å². The van der Waals surface area contributed by atoms with Gasteiger partial charge >= 0.3 is 5.97 Å². The SMILES string of the molecule is CC[C@H](C(=O)O)N(C)Cc1ccccc1N1CCOCC1. The van der Waals surface area contributed by atoms with E-state index < -0.39 is 12.0 Å². The predicted molar refractivity (Wildman–Crippen MR) is 82.7 cm³/mol. The van der Waals surface area contributed by atoms with Crippen LogP contribution < -0.4 is 4.90 Å². The van der Waals surface area contributed by atoms with E-state index in [2.05, 4.69) is 17.0 Å². The van der Waals surface area contributed by atoms with Crippen molar-refractivity contribution in [2.24, 2.45) is 0 Å². The molecule has 0 aliphatic carbocycles. The molecular formula is C16H24N2O3. The highest BCUT2D eigenvalue weighted by Crippen LogP contribution is 2.23. The van der Waals surface area contributed by atoms with Crippen molar-refractivity contribution < 1.29 is 14.6 Å². The Balaban J connectivity index is 2.14. The number of hydrogen-bond donors (Lipinski definition) is 1. The largest absolute Gasteiger partial charge is 0.480 e. The van der Waals surface area contributed by atoms with Crippen LogP contribution in [0.15, 0.2) is 24.3 Å². The molecular weight excluding hydrogens is 268 g/mol. The van der Waals surface area contributed by atoms with E-state index in [9.17, 15) is 9.90 Å². The topological polar surface area (TPSA) is 53.0 Å². The molecule has 0 aromatic heterocycles. The molecule has 5 heteroatoms. The third-order valence-electron chi connectivity index (χ3n) is 3.97. The first-order chi connectivity index (χ1) is 10.1. The molecule has 116 valence electrons. The average Bonchev–Trinajstić information content (AvgIpc) is 2.49. The van der Waals surface area contributed by atoms with Gasteiger partial charge in [0, 0.05) is 25.3 Å². The van der Waals surface area contributed by atoms with Crippen molar-refractivity contribution in [1.82, 2.24) is 4.90 Å². The summed E-state index contributed by atoms with van der Waals surface area (Å²) >= 11 is 0. The number of likely N-dealkylation sites (N-methyl/N-ethyl adjacent to an activating group) is 1. The summed E-state index contributed by atoms with van der Waals surface area (Å²) in [5.74, 6) is -0.760. The van der Waals surface area contributed by atoms with Crippen molar-refractivity contribution in [2.45, 2.75) is 25.9 Å². The van der Waals surface area contributed by atoms with Gasteiger partial charge in [0.05, 0.1) is 13.2 Å². The number of carboxylic acid groups (broad SMARTS) is 1. The number of hydrogen-bond acceptors (Lipinski definition) is 4. The van der Waals surface area contributed by atoms with Crippen LogP contribution in [0, 0.1) is 0 Å². The van der Waals surface area contributed by atoms with Gasteiger partial charge in [0.1, 0.15) is 6.04 Å². The van der Waals surface area contributed by atoms with Crippen molar-refractivity contribution >= 4 is 11.7 Å². The van der Waals surface area contributed by atoms with Gasteiger partial charge in [-0.1, -0.05) is 25.1 Å². The van der Waals surface area contributed by atoms with Gasteiger partial charge in [0.2, 0.25) is 0 Å². The van der Waals surface area contributed by atoms with E-state index in [1.807, 2.05) is 31.0 Å². The Morgan fingerprint density at radius 3 is 2.67 bits per heavy atom. The zero-order valence-corrected chi connectivity index (χ0v) is 12.8. The normalized spacial score (nSPS) is 17.0. The maximum Gasteiger partial charge on any atom is 0.320 e. The molecule has 1 aliphatic rings. The summed E-state index contributed by atoms with van der Waals surface area (Å²) < 4.78 is 5.40. The Labute approximate surface area is 126 Å². The van der Waals surface area contributed by atoms with Crippen molar-refractivity contribution in [3.05, 3.63) is 29.8 Å². The summed E-state index contributed by atoms with van der Waals surface area (Å²) in [5.41, 5.74) is 2.36. The fourth-order valence-electron chi connectivity index (χ4n) is 2.81. The third kappa shape index (κ3) is 3.95. The van der Waals surface area contributed by atoms with Gasteiger partial charge in [-0.25, -0.2) is 0 Å². The highest BCUT2D eigenvalue weighted by Gasteiger charge is 2.22. The minimum atomic E-state index is -0.760. The van der Waals surface area contributed by atoms with Gasteiger partial charge in [-0.05, 0) is 25.1 Å². The van der Waals surface area contributed by atoms with Crippen LogP contribution in [0.2, 0.25) is 0 Å². The molecule has 0 spiro atoms. The lowest BCUT2D eigenvalue weighted by Crippen LogP contribution is -2.39. The summed E-state index contributed by atoms with van der Waals surface area (Å²) in [6.45, 7) is 5.81.